The number of ether oxygens (including phenoxy) is 1. The predicted octanol–water partition coefficient (Wildman–Crippen LogP) is 5.65. The van der Waals surface area contributed by atoms with E-state index in [-0.39, 0.29) is 5.60 Å². The van der Waals surface area contributed by atoms with Crippen LogP contribution < -0.4 is 4.74 Å². The molecule has 1 aliphatic heterocycles. The number of oxime groups is 1. The molecule has 1 aromatic rings. The third-order valence-corrected chi connectivity index (χ3v) is 4.50. The van der Waals surface area contributed by atoms with Gasteiger partial charge in [0.2, 0.25) is 0 Å². The van der Waals surface area contributed by atoms with Crippen LogP contribution in [0.1, 0.15) is 32.8 Å². The molecular weight excluding hydrogens is 341 g/mol. The molecule has 0 amide bonds. The van der Waals surface area contributed by atoms with E-state index in [9.17, 15) is 0 Å². The quantitative estimate of drug-likeness (QED) is 0.680. The smallest absolute Gasteiger partial charge is 0.139 e. The van der Waals surface area contributed by atoms with Crippen LogP contribution in [0, 0.1) is 0 Å². The Morgan fingerprint density at radius 1 is 1.36 bits per heavy atom. The molecule has 0 aliphatic carbocycles. The summed E-state index contributed by atoms with van der Waals surface area (Å²) in [5, 5.41) is 6.28. The minimum Gasteiger partial charge on any atom is -0.492 e. The van der Waals surface area contributed by atoms with E-state index in [4.69, 9.17) is 32.8 Å². The molecule has 0 saturated carbocycles. The van der Waals surface area contributed by atoms with Gasteiger partial charge in [0.15, 0.2) is 0 Å². The van der Waals surface area contributed by atoms with Crippen LogP contribution in [0.25, 0.3) is 6.08 Å². The number of thioether (sulfide) groups is 1. The highest BCUT2D eigenvalue weighted by molar-refractivity contribution is 8.14. The molecule has 0 radical (unpaired) electrons. The highest BCUT2D eigenvalue weighted by atomic mass is 35.5. The van der Waals surface area contributed by atoms with E-state index >= 15 is 0 Å². The second-order valence-electron chi connectivity index (χ2n) is 5.46. The van der Waals surface area contributed by atoms with Crippen LogP contribution in [0.15, 0.2) is 23.4 Å². The molecule has 0 bridgehead atoms. The van der Waals surface area contributed by atoms with Crippen LogP contribution >= 0.6 is 35.0 Å². The summed E-state index contributed by atoms with van der Waals surface area (Å²) in [5.74, 6) is 1.42. The monoisotopic (exact) mass is 359 g/mol. The Balaban J connectivity index is 1.92. The zero-order valence-corrected chi connectivity index (χ0v) is 15.2. The molecule has 0 N–H and O–H groups in total. The fraction of sp³-hybridized carbons (Fsp3) is 0.438. The fourth-order valence-electron chi connectivity index (χ4n) is 1.94. The van der Waals surface area contributed by atoms with Gasteiger partial charge in [-0.2, -0.15) is 0 Å². The van der Waals surface area contributed by atoms with Crippen molar-refractivity contribution in [1.29, 1.82) is 0 Å². The lowest BCUT2D eigenvalue weighted by molar-refractivity contribution is 0.0123. The topological polar surface area (TPSA) is 30.8 Å². The molecule has 0 spiro atoms. The molecule has 1 aliphatic rings. The van der Waals surface area contributed by atoms with Gasteiger partial charge in [0, 0.05) is 18.2 Å². The van der Waals surface area contributed by atoms with Gasteiger partial charge in [0.1, 0.15) is 16.4 Å². The lowest BCUT2D eigenvalue weighted by Crippen LogP contribution is -2.18. The van der Waals surface area contributed by atoms with Crippen molar-refractivity contribution in [1.82, 2.24) is 0 Å². The normalized spacial score (nSPS) is 16.7. The molecule has 22 heavy (non-hydrogen) atoms. The zero-order valence-electron chi connectivity index (χ0n) is 12.9. The minimum absolute atomic E-state index is 0.183. The lowest BCUT2D eigenvalue weighted by atomic mass is 10.1. The van der Waals surface area contributed by atoms with Crippen molar-refractivity contribution in [3.05, 3.63) is 33.8 Å². The van der Waals surface area contributed by atoms with Crippen molar-refractivity contribution in [2.75, 3.05) is 12.4 Å². The summed E-state index contributed by atoms with van der Waals surface area (Å²) in [6, 6.07) is 3.56. The summed E-state index contributed by atoms with van der Waals surface area (Å²) >= 11 is 14.1. The van der Waals surface area contributed by atoms with E-state index in [0.717, 1.165) is 22.8 Å². The average molecular weight is 360 g/mol. The van der Waals surface area contributed by atoms with Crippen molar-refractivity contribution >= 4 is 46.1 Å². The molecular formula is C16H19Cl2NO2S. The van der Waals surface area contributed by atoms with E-state index in [1.54, 1.807) is 17.8 Å². The van der Waals surface area contributed by atoms with Crippen molar-refractivity contribution < 1.29 is 9.57 Å². The van der Waals surface area contributed by atoms with Gasteiger partial charge >= 0.3 is 0 Å². The van der Waals surface area contributed by atoms with Gasteiger partial charge in [-0.25, -0.2) is 0 Å². The number of nitrogens with zero attached hydrogens (tertiary/aromatic N) is 1. The molecule has 1 aromatic carbocycles. The first kappa shape index (κ1) is 17.5. The summed E-state index contributed by atoms with van der Waals surface area (Å²) in [5.41, 5.74) is 0.693. The average Bonchev–Trinajstić information content (AvgIpc) is 2.79. The van der Waals surface area contributed by atoms with Crippen LogP contribution in [0.3, 0.4) is 0 Å². The molecule has 0 fully saturated rings. The maximum atomic E-state index is 6.24. The van der Waals surface area contributed by atoms with Gasteiger partial charge < -0.3 is 9.57 Å². The van der Waals surface area contributed by atoms with Crippen LogP contribution in [0.5, 0.6) is 5.75 Å². The van der Waals surface area contributed by atoms with Crippen molar-refractivity contribution in [2.45, 2.75) is 32.8 Å². The van der Waals surface area contributed by atoms with Gasteiger partial charge in [-0.3, -0.25) is 0 Å². The van der Waals surface area contributed by atoms with E-state index in [1.807, 2.05) is 39.0 Å². The standard InChI is InChI=1S/C16H19Cl2NO2S/c1-4-20-14-9-12(17)11(8-13(14)18)6-5-7-22-15-10-16(2,3)21-19-15/h5-6,8-9H,4,7,10H2,1-3H3. The Bertz CT molecular complexity index is 600. The van der Waals surface area contributed by atoms with Crippen LogP contribution in [0.4, 0.5) is 0 Å². The first-order chi connectivity index (χ1) is 10.4. The molecule has 120 valence electrons. The highest BCUT2D eigenvalue weighted by Crippen LogP contribution is 2.32. The number of rotatable bonds is 5. The van der Waals surface area contributed by atoms with Gasteiger partial charge in [0.25, 0.3) is 0 Å². The number of hydrogen-bond acceptors (Lipinski definition) is 4. The molecule has 0 aromatic heterocycles. The maximum Gasteiger partial charge on any atom is 0.139 e. The predicted molar refractivity (Wildman–Crippen MR) is 96.3 cm³/mol. The third-order valence-electron chi connectivity index (χ3n) is 2.97. The van der Waals surface area contributed by atoms with Crippen LogP contribution in [-0.2, 0) is 4.84 Å². The molecule has 3 nitrogen and oxygen atoms in total. The third kappa shape index (κ3) is 4.83. The molecule has 6 heteroatoms. The lowest BCUT2D eigenvalue weighted by Gasteiger charge is -2.12. The summed E-state index contributed by atoms with van der Waals surface area (Å²) < 4.78 is 5.41. The first-order valence-corrected chi connectivity index (χ1v) is 8.81. The Hall–Kier alpha value is -0.840. The summed E-state index contributed by atoms with van der Waals surface area (Å²) in [4.78, 5) is 5.33. The van der Waals surface area contributed by atoms with Crippen molar-refractivity contribution in [3.8, 4) is 5.75 Å². The Morgan fingerprint density at radius 3 is 2.77 bits per heavy atom. The first-order valence-electron chi connectivity index (χ1n) is 7.07. The van der Waals surface area contributed by atoms with Gasteiger partial charge in [0.05, 0.1) is 16.7 Å². The second kappa shape index (κ2) is 7.62. The van der Waals surface area contributed by atoms with Gasteiger partial charge in [-0.15, -0.1) is 11.8 Å². The Morgan fingerprint density at radius 2 is 2.14 bits per heavy atom. The van der Waals surface area contributed by atoms with Crippen molar-refractivity contribution in [2.24, 2.45) is 5.16 Å². The summed E-state index contributed by atoms with van der Waals surface area (Å²) in [6.45, 7) is 6.53. The van der Waals surface area contributed by atoms with E-state index < -0.39 is 0 Å². The highest BCUT2D eigenvalue weighted by Gasteiger charge is 2.28. The number of halogens is 2. The van der Waals surface area contributed by atoms with Gasteiger partial charge in [-0.05, 0) is 32.4 Å². The summed E-state index contributed by atoms with van der Waals surface area (Å²) in [7, 11) is 0. The maximum absolute atomic E-state index is 6.24. The minimum atomic E-state index is -0.183. The number of benzene rings is 1. The second-order valence-corrected chi connectivity index (χ2v) is 7.37. The van der Waals surface area contributed by atoms with Crippen LogP contribution in [-0.4, -0.2) is 23.0 Å². The molecule has 0 unspecified atom stereocenters. The van der Waals surface area contributed by atoms with E-state index in [0.29, 0.717) is 22.4 Å². The zero-order chi connectivity index (χ0) is 16.2. The van der Waals surface area contributed by atoms with E-state index in [2.05, 4.69) is 5.16 Å². The SMILES string of the molecule is CCOc1cc(Cl)c(C=CCSC2=NOC(C)(C)C2)cc1Cl. The summed E-state index contributed by atoms with van der Waals surface area (Å²) in [6.07, 6.45) is 4.84. The molecule has 0 atom stereocenters. The van der Waals surface area contributed by atoms with Gasteiger partial charge in [-0.1, -0.05) is 40.5 Å². The number of hydrogen-bond donors (Lipinski definition) is 0. The molecule has 2 rings (SSSR count). The molecule has 0 saturated heterocycles. The largest absolute Gasteiger partial charge is 0.492 e. The fourth-order valence-corrected chi connectivity index (χ4v) is 3.31. The Labute approximate surface area is 145 Å². The van der Waals surface area contributed by atoms with Crippen molar-refractivity contribution in [3.63, 3.8) is 0 Å². The van der Waals surface area contributed by atoms with Crippen LogP contribution in [0.2, 0.25) is 10.0 Å². The van der Waals surface area contributed by atoms with E-state index in [1.165, 1.54) is 0 Å². The Kier molecular flexibility index (Phi) is 6.07. The molecule has 1 heterocycles.